The number of sulfonamides is 1. The first-order valence-electron chi connectivity index (χ1n) is 13.5. The lowest BCUT2D eigenvalue weighted by Crippen LogP contribution is -2.48. The molecule has 0 aliphatic carbocycles. The molecule has 0 amide bonds. The smallest absolute Gasteiger partial charge is 0.263 e. The van der Waals surface area contributed by atoms with Gasteiger partial charge in [-0.25, -0.2) is 8.42 Å². The predicted octanol–water partition coefficient (Wildman–Crippen LogP) is 5.79. The van der Waals surface area contributed by atoms with E-state index < -0.39 is 10.0 Å². The standard InChI is InChI=1S/C30H32Cl2N6O2S/c31-25-9-7-24(8-10-25)30(23-5-2-1-3-6-23)38-21-19-37(20-22-38)18-4-17-33-26-11-13-27(14-12-26)41(39,40)36-29-16-15-28(32)34-35-29/h1-3,5-16,30,33H,4,17-22H2,(H,35,36)/t30-/m1/s1. The zero-order valence-electron chi connectivity index (χ0n) is 22.5. The monoisotopic (exact) mass is 610 g/mol. The fourth-order valence-corrected chi connectivity index (χ4v) is 6.22. The summed E-state index contributed by atoms with van der Waals surface area (Å²) in [5.41, 5.74) is 3.42. The molecule has 1 aliphatic rings. The number of hydrogen-bond acceptors (Lipinski definition) is 7. The molecule has 1 aromatic heterocycles. The second kappa shape index (κ2) is 13.6. The summed E-state index contributed by atoms with van der Waals surface area (Å²) in [5.74, 6) is 0.109. The van der Waals surface area contributed by atoms with Crippen molar-refractivity contribution >= 4 is 44.7 Å². The first kappa shape index (κ1) is 29.3. The van der Waals surface area contributed by atoms with Gasteiger partial charge in [-0.15, -0.1) is 10.2 Å². The molecule has 214 valence electrons. The Morgan fingerprint density at radius 1 is 0.780 bits per heavy atom. The molecule has 0 saturated carbocycles. The van der Waals surface area contributed by atoms with Crippen LogP contribution in [-0.4, -0.2) is 67.7 Å². The van der Waals surface area contributed by atoms with Crippen LogP contribution in [0, 0.1) is 0 Å². The van der Waals surface area contributed by atoms with E-state index >= 15 is 0 Å². The normalized spacial score (nSPS) is 15.4. The van der Waals surface area contributed by atoms with Gasteiger partial charge in [0.2, 0.25) is 0 Å². The molecule has 4 aromatic rings. The zero-order valence-corrected chi connectivity index (χ0v) is 24.8. The Hall–Kier alpha value is -3.21. The van der Waals surface area contributed by atoms with Gasteiger partial charge >= 0.3 is 0 Å². The summed E-state index contributed by atoms with van der Waals surface area (Å²) in [4.78, 5) is 5.20. The molecule has 1 aliphatic heterocycles. The van der Waals surface area contributed by atoms with Gasteiger partial charge in [-0.3, -0.25) is 9.62 Å². The highest BCUT2D eigenvalue weighted by Crippen LogP contribution is 2.30. The van der Waals surface area contributed by atoms with E-state index in [1.54, 1.807) is 24.3 Å². The predicted molar refractivity (Wildman–Crippen MR) is 165 cm³/mol. The number of aromatic nitrogens is 2. The number of nitrogens with one attached hydrogen (secondary N) is 2. The Balaban J connectivity index is 1.08. The topological polar surface area (TPSA) is 90.5 Å². The first-order chi connectivity index (χ1) is 19.9. The number of hydrogen-bond donors (Lipinski definition) is 2. The minimum Gasteiger partial charge on any atom is -0.385 e. The molecule has 1 saturated heterocycles. The van der Waals surface area contributed by atoms with Crippen LogP contribution in [0.5, 0.6) is 0 Å². The maximum Gasteiger partial charge on any atom is 0.263 e. The molecular weight excluding hydrogens is 579 g/mol. The maximum atomic E-state index is 12.6. The molecule has 2 N–H and O–H groups in total. The highest BCUT2D eigenvalue weighted by atomic mass is 35.5. The van der Waals surface area contributed by atoms with E-state index in [1.165, 1.54) is 23.3 Å². The summed E-state index contributed by atoms with van der Waals surface area (Å²) in [7, 11) is -3.77. The zero-order chi connectivity index (χ0) is 28.7. The van der Waals surface area contributed by atoms with Crippen molar-refractivity contribution in [3.8, 4) is 0 Å². The minimum atomic E-state index is -3.77. The second-order valence-electron chi connectivity index (χ2n) is 9.89. The first-order valence-corrected chi connectivity index (χ1v) is 15.7. The lowest BCUT2D eigenvalue weighted by molar-refractivity contribution is 0.109. The Morgan fingerprint density at radius 2 is 1.46 bits per heavy atom. The molecule has 41 heavy (non-hydrogen) atoms. The van der Waals surface area contributed by atoms with Crippen LogP contribution >= 0.6 is 23.2 Å². The SMILES string of the molecule is O=S(=O)(Nc1ccc(Cl)nn1)c1ccc(NCCCN2CCN([C@H](c3ccccc3)c3ccc(Cl)cc3)CC2)cc1. The molecule has 2 heterocycles. The molecule has 1 fully saturated rings. The maximum absolute atomic E-state index is 12.6. The molecule has 0 bridgehead atoms. The Morgan fingerprint density at radius 3 is 2.12 bits per heavy atom. The fourth-order valence-electron chi connectivity index (χ4n) is 4.99. The van der Waals surface area contributed by atoms with Crippen LogP contribution < -0.4 is 10.0 Å². The van der Waals surface area contributed by atoms with E-state index in [9.17, 15) is 8.42 Å². The summed E-state index contributed by atoms with van der Waals surface area (Å²) in [5, 5.41) is 11.7. The van der Waals surface area contributed by atoms with E-state index in [0.29, 0.717) is 0 Å². The van der Waals surface area contributed by atoms with E-state index in [1.807, 2.05) is 12.1 Å². The summed E-state index contributed by atoms with van der Waals surface area (Å²) >= 11 is 11.9. The molecular formula is C30H32Cl2N6O2S. The summed E-state index contributed by atoms with van der Waals surface area (Å²) < 4.78 is 27.7. The van der Waals surface area contributed by atoms with Crippen molar-refractivity contribution in [3.05, 3.63) is 112 Å². The summed E-state index contributed by atoms with van der Waals surface area (Å²) in [6.45, 7) is 5.78. The van der Waals surface area contributed by atoms with Gasteiger partial charge in [0.25, 0.3) is 10.0 Å². The van der Waals surface area contributed by atoms with Gasteiger partial charge in [0, 0.05) is 43.4 Å². The van der Waals surface area contributed by atoms with Crippen molar-refractivity contribution in [2.45, 2.75) is 17.4 Å². The molecule has 0 spiro atoms. The van der Waals surface area contributed by atoms with E-state index in [-0.39, 0.29) is 21.9 Å². The van der Waals surface area contributed by atoms with Gasteiger partial charge in [-0.2, -0.15) is 0 Å². The highest BCUT2D eigenvalue weighted by molar-refractivity contribution is 7.92. The Bertz CT molecular complexity index is 1500. The molecule has 11 heteroatoms. The van der Waals surface area contributed by atoms with E-state index in [4.69, 9.17) is 23.2 Å². The largest absolute Gasteiger partial charge is 0.385 e. The lowest BCUT2D eigenvalue weighted by Gasteiger charge is -2.40. The Labute approximate surface area is 251 Å². The second-order valence-corrected chi connectivity index (χ2v) is 12.4. The average Bonchev–Trinajstić information content (AvgIpc) is 2.99. The van der Waals surface area contributed by atoms with Gasteiger partial charge in [0.05, 0.1) is 10.9 Å². The van der Waals surface area contributed by atoms with Gasteiger partial charge in [0.1, 0.15) is 0 Å². The third-order valence-electron chi connectivity index (χ3n) is 7.09. The van der Waals surface area contributed by atoms with E-state index in [2.05, 4.69) is 72.5 Å². The highest BCUT2D eigenvalue weighted by Gasteiger charge is 2.26. The van der Waals surface area contributed by atoms with Gasteiger partial charge in [-0.1, -0.05) is 65.7 Å². The molecule has 5 rings (SSSR count). The number of benzene rings is 3. The van der Waals surface area contributed by atoms with Crippen LogP contribution in [0.4, 0.5) is 11.5 Å². The summed E-state index contributed by atoms with van der Waals surface area (Å²) in [6.07, 6.45) is 0.982. The van der Waals surface area contributed by atoms with Gasteiger partial charge < -0.3 is 10.2 Å². The average molecular weight is 612 g/mol. The van der Waals surface area contributed by atoms with Crippen LogP contribution in [0.15, 0.2) is 95.9 Å². The number of halogens is 2. The van der Waals surface area contributed by atoms with E-state index in [0.717, 1.165) is 56.4 Å². The fraction of sp³-hybridized carbons (Fsp3) is 0.267. The minimum absolute atomic E-state index is 0.109. The Kier molecular flexibility index (Phi) is 9.74. The number of rotatable bonds is 11. The number of anilines is 2. The van der Waals surface area contributed by atoms with Crippen molar-refractivity contribution in [2.24, 2.45) is 0 Å². The van der Waals surface area contributed by atoms with Crippen LogP contribution in [0.2, 0.25) is 10.2 Å². The van der Waals surface area contributed by atoms with Crippen LogP contribution in [0.3, 0.4) is 0 Å². The quantitative estimate of drug-likeness (QED) is 0.208. The van der Waals surface area contributed by atoms with Crippen molar-refractivity contribution in [1.82, 2.24) is 20.0 Å². The number of piperazine rings is 1. The van der Waals surface area contributed by atoms with Crippen molar-refractivity contribution in [3.63, 3.8) is 0 Å². The molecule has 1 atom stereocenters. The third kappa shape index (κ3) is 7.96. The molecule has 3 aromatic carbocycles. The van der Waals surface area contributed by atoms with Crippen molar-refractivity contribution in [1.29, 1.82) is 0 Å². The van der Waals surface area contributed by atoms with Crippen LogP contribution in [-0.2, 0) is 10.0 Å². The lowest BCUT2D eigenvalue weighted by atomic mass is 9.96. The van der Waals surface area contributed by atoms with Crippen molar-refractivity contribution in [2.75, 3.05) is 49.3 Å². The third-order valence-corrected chi connectivity index (χ3v) is 8.91. The molecule has 8 nitrogen and oxygen atoms in total. The van der Waals surface area contributed by atoms with Crippen LogP contribution in [0.1, 0.15) is 23.6 Å². The van der Waals surface area contributed by atoms with Gasteiger partial charge in [0.15, 0.2) is 11.0 Å². The van der Waals surface area contributed by atoms with Gasteiger partial charge in [-0.05, 0) is 72.6 Å². The molecule has 0 unspecified atom stereocenters. The van der Waals surface area contributed by atoms with Crippen LogP contribution in [0.25, 0.3) is 0 Å². The van der Waals surface area contributed by atoms with Crippen molar-refractivity contribution < 1.29 is 8.42 Å². The number of nitrogens with zero attached hydrogens (tertiary/aromatic N) is 4. The summed E-state index contributed by atoms with van der Waals surface area (Å²) in [6, 6.07) is 28.7. The molecule has 0 radical (unpaired) electrons.